The molecule has 0 N–H and O–H groups in total. The third kappa shape index (κ3) is 5.45. The molecule has 0 aromatic heterocycles. The molecule has 0 radical (unpaired) electrons. The highest BCUT2D eigenvalue weighted by Gasteiger charge is 1.94. The summed E-state index contributed by atoms with van der Waals surface area (Å²) in [6.45, 7) is 7.80. The summed E-state index contributed by atoms with van der Waals surface area (Å²) in [5, 5.41) is 0. The Labute approximate surface area is 126 Å². The molecule has 0 bridgehead atoms. The van der Waals surface area contributed by atoms with Crippen LogP contribution in [0.15, 0.2) is 65.6 Å². The van der Waals surface area contributed by atoms with E-state index in [4.69, 9.17) is 0 Å². The highest BCUT2D eigenvalue weighted by atomic mass is 32.2. The van der Waals surface area contributed by atoms with Crippen molar-refractivity contribution in [1.82, 2.24) is 0 Å². The average molecular weight is 283 g/mol. The second kappa shape index (κ2) is 10.0. The molecule has 1 nitrogen and oxygen atoms in total. The maximum absolute atomic E-state index is 4.39. The van der Waals surface area contributed by atoms with Crippen molar-refractivity contribution < 1.29 is 0 Å². The fourth-order valence-electron chi connectivity index (χ4n) is 1.59. The van der Waals surface area contributed by atoms with E-state index in [2.05, 4.69) is 23.1 Å². The highest BCUT2D eigenvalue weighted by Crippen LogP contribution is 2.14. The Hall–Kier alpha value is -1.80. The van der Waals surface area contributed by atoms with E-state index in [1.54, 1.807) is 11.9 Å². The van der Waals surface area contributed by atoms with Gasteiger partial charge in [-0.1, -0.05) is 81.1 Å². The van der Waals surface area contributed by atoms with Crippen LogP contribution in [-0.2, 0) is 5.75 Å². The van der Waals surface area contributed by atoms with Crippen molar-refractivity contribution in [1.29, 1.82) is 0 Å². The number of benzene rings is 2. The third-order valence-electron chi connectivity index (χ3n) is 2.56. The fraction of sp³-hybridized carbons (Fsp3) is 0.167. The van der Waals surface area contributed by atoms with Gasteiger partial charge in [-0.2, -0.15) is 0 Å². The first kappa shape index (κ1) is 16.3. The minimum absolute atomic E-state index is 0.896. The Bertz CT molecular complexity index is 532. The van der Waals surface area contributed by atoms with Crippen LogP contribution in [0.3, 0.4) is 0 Å². The maximum atomic E-state index is 4.39. The molecule has 0 saturated carbocycles. The Morgan fingerprint density at radius 3 is 2.20 bits per heavy atom. The molecule has 0 amide bonds. The number of rotatable bonds is 5. The van der Waals surface area contributed by atoms with Gasteiger partial charge in [0.15, 0.2) is 0 Å². The van der Waals surface area contributed by atoms with Gasteiger partial charge in [0, 0.05) is 17.5 Å². The van der Waals surface area contributed by atoms with Crippen LogP contribution in [0.4, 0.5) is 0 Å². The van der Waals surface area contributed by atoms with Crippen molar-refractivity contribution in [3.63, 3.8) is 0 Å². The van der Waals surface area contributed by atoms with Crippen LogP contribution in [0, 0.1) is 0 Å². The van der Waals surface area contributed by atoms with E-state index in [0.29, 0.717) is 0 Å². The summed E-state index contributed by atoms with van der Waals surface area (Å²) >= 11 is 1.56. The monoisotopic (exact) mass is 283 g/mol. The van der Waals surface area contributed by atoms with Gasteiger partial charge in [0.25, 0.3) is 0 Å². The lowest BCUT2D eigenvalue weighted by molar-refractivity contribution is 1.41. The lowest BCUT2D eigenvalue weighted by atomic mass is 10.1. The standard InChI is InChI=1S/C16H15NS.C2H6/c1-2-15-10-6-7-11-16(15)12-17-18-13-14-8-4-3-5-9-14;1-2/h2-12H,1,13H2;1-2H3/b17-12+;. The maximum Gasteiger partial charge on any atom is 0.0430 e. The molecular formula is C18H21NS. The molecule has 2 aromatic carbocycles. The zero-order valence-corrected chi connectivity index (χ0v) is 12.9. The van der Waals surface area contributed by atoms with Crippen molar-refractivity contribution in [3.05, 3.63) is 77.9 Å². The smallest absolute Gasteiger partial charge is 0.0430 e. The second-order valence-corrected chi connectivity index (χ2v) is 4.58. The molecule has 20 heavy (non-hydrogen) atoms. The van der Waals surface area contributed by atoms with Crippen molar-refractivity contribution in [2.24, 2.45) is 4.40 Å². The molecule has 0 spiro atoms. The number of hydrogen-bond acceptors (Lipinski definition) is 2. The zero-order chi connectivity index (χ0) is 14.6. The van der Waals surface area contributed by atoms with Crippen molar-refractivity contribution in [2.45, 2.75) is 19.6 Å². The van der Waals surface area contributed by atoms with E-state index in [0.717, 1.165) is 16.9 Å². The molecule has 0 saturated heterocycles. The summed E-state index contributed by atoms with van der Waals surface area (Å²) in [7, 11) is 0. The fourth-order valence-corrected chi connectivity index (χ4v) is 2.20. The minimum atomic E-state index is 0.896. The largest absolute Gasteiger partial charge is 0.224 e. The number of nitrogens with zero attached hydrogens (tertiary/aromatic N) is 1. The van der Waals surface area contributed by atoms with Crippen molar-refractivity contribution >= 4 is 24.2 Å². The summed E-state index contributed by atoms with van der Waals surface area (Å²) in [6.07, 6.45) is 3.74. The predicted octanol–water partition coefficient (Wildman–Crippen LogP) is 5.62. The minimum Gasteiger partial charge on any atom is -0.224 e. The van der Waals surface area contributed by atoms with Crippen LogP contribution in [0.1, 0.15) is 30.5 Å². The van der Waals surface area contributed by atoms with Gasteiger partial charge in [-0.15, -0.1) is 0 Å². The lowest BCUT2D eigenvalue weighted by Gasteiger charge is -1.99. The number of hydrogen-bond donors (Lipinski definition) is 0. The molecule has 0 unspecified atom stereocenters. The predicted molar refractivity (Wildman–Crippen MR) is 93.2 cm³/mol. The van der Waals surface area contributed by atoms with E-state index in [1.807, 2.05) is 68.6 Å². The quantitative estimate of drug-likeness (QED) is 0.512. The van der Waals surface area contributed by atoms with E-state index in [9.17, 15) is 0 Å². The average Bonchev–Trinajstić information content (AvgIpc) is 2.55. The van der Waals surface area contributed by atoms with Crippen LogP contribution in [-0.4, -0.2) is 6.21 Å². The summed E-state index contributed by atoms with van der Waals surface area (Å²) in [5.41, 5.74) is 3.51. The SMILES string of the molecule is C=Cc1ccccc1/C=N/SCc1ccccc1.CC. The molecule has 0 fully saturated rings. The molecule has 2 heteroatoms. The van der Waals surface area contributed by atoms with Crippen LogP contribution < -0.4 is 0 Å². The molecule has 104 valence electrons. The van der Waals surface area contributed by atoms with Crippen LogP contribution in [0.5, 0.6) is 0 Å². The van der Waals surface area contributed by atoms with Gasteiger partial charge in [0.05, 0.1) is 0 Å². The third-order valence-corrected chi connectivity index (χ3v) is 3.27. The summed E-state index contributed by atoms with van der Waals surface area (Å²) in [6, 6.07) is 18.4. The Kier molecular flexibility index (Phi) is 8.16. The first-order valence-electron chi connectivity index (χ1n) is 6.81. The van der Waals surface area contributed by atoms with Crippen LogP contribution in [0.25, 0.3) is 6.08 Å². The molecule has 0 atom stereocenters. The van der Waals surface area contributed by atoms with Gasteiger partial charge in [-0.05, 0) is 23.1 Å². The van der Waals surface area contributed by atoms with Gasteiger partial charge in [0.1, 0.15) is 0 Å². The zero-order valence-electron chi connectivity index (χ0n) is 12.1. The van der Waals surface area contributed by atoms with E-state index in [1.165, 1.54) is 5.56 Å². The van der Waals surface area contributed by atoms with Crippen molar-refractivity contribution in [2.75, 3.05) is 0 Å². The lowest BCUT2D eigenvalue weighted by Crippen LogP contribution is -1.85. The summed E-state index contributed by atoms with van der Waals surface area (Å²) in [4.78, 5) is 0. The van der Waals surface area contributed by atoms with Gasteiger partial charge < -0.3 is 0 Å². The highest BCUT2D eigenvalue weighted by molar-refractivity contribution is 7.97. The second-order valence-electron chi connectivity index (χ2n) is 3.83. The normalized spacial score (nSPS) is 9.90. The first-order chi connectivity index (χ1) is 9.90. The molecule has 0 aliphatic carbocycles. The van der Waals surface area contributed by atoms with E-state index >= 15 is 0 Å². The van der Waals surface area contributed by atoms with Gasteiger partial charge in [0.2, 0.25) is 0 Å². The van der Waals surface area contributed by atoms with Gasteiger partial charge >= 0.3 is 0 Å². The molecular weight excluding hydrogens is 262 g/mol. The van der Waals surface area contributed by atoms with Crippen LogP contribution in [0.2, 0.25) is 0 Å². The van der Waals surface area contributed by atoms with E-state index in [-0.39, 0.29) is 0 Å². The molecule has 2 aromatic rings. The summed E-state index contributed by atoms with van der Waals surface area (Å²) in [5.74, 6) is 0.896. The Morgan fingerprint density at radius 1 is 0.950 bits per heavy atom. The van der Waals surface area contributed by atoms with Gasteiger partial charge in [-0.25, -0.2) is 4.40 Å². The van der Waals surface area contributed by atoms with Gasteiger partial charge in [-0.3, -0.25) is 0 Å². The van der Waals surface area contributed by atoms with E-state index < -0.39 is 0 Å². The molecule has 2 rings (SSSR count). The molecule has 0 heterocycles. The topological polar surface area (TPSA) is 12.4 Å². The van der Waals surface area contributed by atoms with Crippen molar-refractivity contribution in [3.8, 4) is 0 Å². The van der Waals surface area contributed by atoms with Crippen LogP contribution >= 0.6 is 11.9 Å². The molecule has 0 aliphatic heterocycles. The summed E-state index contributed by atoms with van der Waals surface area (Å²) < 4.78 is 4.39. The Balaban J connectivity index is 0.000000956. The molecule has 0 aliphatic rings. The Morgan fingerprint density at radius 2 is 1.55 bits per heavy atom. The first-order valence-corrected chi connectivity index (χ1v) is 7.75.